The van der Waals surface area contributed by atoms with Gasteiger partial charge in [-0.05, 0) is 31.6 Å². The third-order valence-electron chi connectivity index (χ3n) is 4.52. The van der Waals surface area contributed by atoms with Gasteiger partial charge in [0.2, 0.25) is 0 Å². The Morgan fingerprint density at radius 3 is 2.63 bits per heavy atom. The lowest BCUT2D eigenvalue weighted by Crippen LogP contribution is -2.52. The molecule has 108 valence electrons. The summed E-state index contributed by atoms with van der Waals surface area (Å²) >= 11 is 1.51. The number of amides is 2. The molecule has 19 heavy (non-hydrogen) atoms. The van der Waals surface area contributed by atoms with Crippen LogP contribution < -0.4 is 5.32 Å². The molecule has 2 rings (SSSR count). The fourth-order valence-electron chi connectivity index (χ4n) is 2.83. The van der Waals surface area contributed by atoms with Crippen LogP contribution in [0, 0.1) is 5.41 Å². The van der Waals surface area contributed by atoms with Crippen LogP contribution in [0.2, 0.25) is 0 Å². The summed E-state index contributed by atoms with van der Waals surface area (Å²) in [5.74, 6) is -0.441. The van der Waals surface area contributed by atoms with Crippen LogP contribution in [0.25, 0.3) is 0 Å². The van der Waals surface area contributed by atoms with Crippen molar-refractivity contribution in [2.24, 2.45) is 5.41 Å². The number of carboxylic acids is 1. The van der Waals surface area contributed by atoms with E-state index in [2.05, 4.69) is 12.2 Å². The molecule has 1 saturated heterocycles. The SMILES string of the molecule is CCC1(CNC(=O)N2C(C)SCC2C(=O)O)CCC1. The van der Waals surface area contributed by atoms with Crippen molar-refractivity contribution < 1.29 is 14.7 Å². The molecule has 2 unspecified atom stereocenters. The van der Waals surface area contributed by atoms with Crippen molar-refractivity contribution in [2.45, 2.75) is 50.9 Å². The quantitative estimate of drug-likeness (QED) is 0.830. The topological polar surface area (TPSA) is 69.6 Å². The second-order valence-corrected chi connectivity index (χ2v) is 6.91. The zero-order valence-electron chi connectivity index (χ0n) is 11.5. The average molecular weight is 286 g/mol. The summed E-state index contributed by atoms with van der Waals surface area (Å²) in [7, 11) is 0. The molecule has 2 amide bonds. The number of nitrogens with one attached hydrogen (secondary N) is 1. The Kier molecular flexibility index (Phi) is 4.28. The number of nitrogens with zero attached hydrogens (tertiary/aromatic N) is 1. The summed E-state index contributed by atoms with van der Waals surface area (Å²) in [5, 5.41) is 12.0. The molecule has 1 aliphatic carbocycles. The van der Waals surface area contributed by atoms with Gasteiger partial charge >= 0.3 is 12.0 Å². The lowest BCUT2D eigenvalue weighted by molar-refractivity contribution is -0.141. The minimum Gasteiger partial charge on any atom is -0.480 e. The molecule has 0 radical (unpaired) electrons. The largest absolute Gasteiger partial charge is 0.480 e. The molecule has 0 spiro atoms. The van der Waals surface area contributed by atoms with E-state index in [9.17, 15) is 9.59 Å². The van der Waals surface area contributed by atoms with Gasteiger partial charge in [-0.1, -0.05) is 13.3 Å². The average Bonchev–Trinajstić information content (AvgIpc) is 2.70. The molecule has 1 saturated carbocycles. The van der Waals surface area contributed by atoms with Crippen LogP contribution >= 0.6 is 11.8 Å². The van der Waals surface area contributed by atoms with Gasteiger partial charge in [-0.2, -0.15) is 0 Å². The molecule has 2 N–H and O–H groups in total. The third kappa shape index (κ3) is 2.83. The number of carboxylic acid groups (broad SMARTS) is 1. The second kappa shape index (κ2) is 5.61. The molecule has 5 nitrogen and oxygen atoms in total. The Balaban J connectivity index is 1.93. The number of rotatable bonds is 4. The highest BCUT2D eigenvalue weighted by molar-refractivity contribution is 8.00. The normalized spacial score (nSPS) is 28.8. The van der Waals surface area contributed by atoms with Crippen molar-refractivity contribution >= 4 is 23.8 Å². The predicted octanol–water partition coefficient (Wildman–Crippen LogP) is 2.12. The van der Waals surface area contributed by atoms with Gasteiger partial charge < -0.3 is 10.4 Å². The van der Waals surface area contributed by atoms with Crippen LogP contribution in [0.15, 0.2) is 0 Å². The number of carbonyl (C=O) groups excluding carboxylic acids is 1. The van der Waals surface area contributed by atoms with E-state index in [0.717, 1.165) is 19.3 Å². The molecule has 0 aromatic carbocycles. The van der Waals surface area contributed by atoms with E-state index in [1.807, 2.05) is 6.92 Å². The van der Waals surface area contributed by atoms with E-state index >= 15 is 0 Å². The fourth-order valence-corrected chi connectivity index (χ4v) is 4.00. The monoisotopic (exact) mass is 286 g/mol. The first-order chi connectivity index (χ1) is 8.99. The first-order valence-corrected chi connectivity index (χ1v) is 7.94. The van der Waals surface area contributed by atoms with Crippen LogP contribution in [0.4, 0.5) is 4.79 Å². The van der Waals surface area contributed by atoms with Gasteiger partial charge in [0.25, 0.3) is 0 Å². The minimum atomic E-state index is -0.916. The maximum atomic E-state index is 12.2. The highest BCUT2D eigenvalue weighted by Gasteiger charge is 2.41. The van der Waals surface area contributed by atoms with Gasteiger partial charge in [0.1, 0.15) is 6.04 Å². The number of hydrogen-bond donors (Lipinski definition) is 2. The molecule has 2 fully saturated rings. The molecule has 0 aromatic rings. The highest BCUT2D eigenvalue weighted by atomic mass is 32.2. The van der Waals surface area contributed by atoms with Crippen molar-refractivity contribution in [3.63, 3.8) is 0 Å². The third-order valence-corrected chi connectivity index (χ3v) is 5.74. The predicted molar refractivity (Wildman–Crippen MR) is 75.2 cm³/mol. The highest BCUT2D eigenvalue weighted by Crippen LogP contribution is 2.43. The van der Waals surface area contributed by atoms with Crippen molar-refractivity contribution in [2.75, 3.05) is 12.3 Å². The first kappa shape index (κ1) is 14.5. The van der Waals surface area contributed by atoms with Gasteiger partial charge in [-0.15, -0.1) is 11.8 Å². The molecule has 6 heteroatoms. The van der Waals surface area contributed by atoms with Crippen LogP contribution in [0.1, 0.15) is 39.5 Å². The van der Waals surface area contributed by atoms with Crippen molar-refractivity contribution in [1.82, 2.24) is 10.2 Å². The van der Waals surface area contributed by atoms with E-state index in [1.54, 1.807) is 0 Å². The van der Waals surface area contributed by atoms with Gasteiger partial charge in [0.05, 0.1) is 5.37 Å². The summed E-state index contributed by atoms with van der Waals surface area (Å²) in [6, 6.07) is -0.927. The smallest absolute Gasteiger partial charge is 0.327 e. The van der Waals surface area contributed by atoms with Crippen LogP contribution in [-0.2, 0) is 4.79 Å². The zero-order valence-corrected chi connectivity index (χ0v) is 12.3. The van der Waals surface area contributed by atoms with Crippen molar-refractivity contribution in [3.8, 4) is 0 Å². The van der Waals surface area contributed by atoms with Crippen molar-refractivity contribution in [3.05, 3.63) is 0 Å². The molecule has 0 aromatic heterocycles. The van der Waals surface area contributed by atoms with E-state index in [-0.39, 0.29) is 16.8 Å². The second-order valence-electron chi connectivity index (χ2n) is 5.56. The van der Waals surface area contributed by atoms with Gasteiger partial charge in [0, 0.05) is 12.3 Å². The summed E-state index contributed by atoms with van der Waals surface area (Å²) in [5.41, 5.74) is 0.254. The number of aliphatic carboxylic acids is 1. The maximum absolute atomic E-state index is 12.2. The molecule has 0 bridgehead atoms. The molecule has 2 aliphatic rings. The standard InChI is InChI=1S/C13H22N2O3S/c1-3-13(5-4-6-13)8-14-12(18)15-9(2)19-7-10(15)11(16)17/h9-10H,3-8H2,1-2H3,(H,14,18)(H,16,17). The minimum absolute atomic E-state index is 0.0694. The van der Waals surface area contributed by atoms with E-state index in [1.165, 1.54) is 23.1 Å². The Morgan fingerprint density at radius 2 is 2.16 bits per heavy atom. The zero-order chi connectivity index (χ0) is 14.0. The maximum Gasteiger partial charge on any atom is 0.327 e. The number of carbonyl (C=O) groups is 2. The number of thioether (sulfide) groups is 1. The van der Waals surface area contributed by atoms with Crippen molar-refractivity contribution in [1.29, 1.82) is 0 Å². The number of urea groups is 1. The van der Waals surface area contributed by atoms with Gasteiger partial charge in [-0.3, -0.25) is 4.90 Å². The molecule has 2 atom stereocenters. The molecular formula is C13H22N2O3S. The van der Waals surface area contributed by atoms with E-state index < -0.39 is 12.0 Å². The lowest BCUT2D eigenvalue weighted by atomic mass is 9.67. The molecular weight excluding hydrogens is 264 g/mol. The van der Waals surface area contributed by atoms with Crippen LogP contribution in [0.5, 0.6) is 0 Å². The van der Waals surface area contributed by atoms with Crippen LogP contribution in [0.3, 0.4) is 0 Å². The van der Waals surface area contributed by atoms with Crippen LogP contribution in [-0.4, -0.2) is 45.7 Å². The summed E-state index contributed by atoms with van der Waals surface area (Å²) < 4.78 is 0. The first-order valence-electron chi connectivity index (χ1n) is 6.90. The summed E-state index contributed by atoms with van der Waals surface area (Å²) in [6.07, 6.45) is 4.63. The Hall–Kier alpha value is -0.910. The Labute approximate surface area is 118 Å². The molecule has 1 aliphatic heterocycles. The fraction of sp³-hybridized carbons (Fsp3) is 0.846. The Bertz CT molecular complexity index is 365. The lowest BCUT2D eigenvalue weighted by Gasteiger charge is -2.42. The summed E-state index contributed by atoms with van der Waals surface area (Å²) in [6.45, 7) is 4.70. The van der Waals surface area contributed by atoms with Gasteiger partial charge in [-0.25, -0.2) is 9.59 Å². The Morgan fingerprint density at radius 1 is 1.47 bits per heavy atom. The molecule has 1 heterocycles. The summed E-state index contributed by atoms with van der Waals surface area (Å²) in [4.78, 5) is 24.8. The van der Waals surface area contributed by atoms with E-state index in [4.69, 9.17) is 5.11 Å². The van der Waals surface area contributed by atoms with E-state index in [0.29, 0.717) is 12.3 Å². The van der Waals surface area contributed by atoms with Gasteiger partial charge in [0.15, 0.2) is 0 Å². The number of hydrogen-bond acceptors (Lipinski definition) is 3.